The second kappa shape index (κ2) is 15.4. The lowest BCUT2D eigenvalue weighted by molar-refractivity contribution is 0.468. The van der Waals surface area contributed by atoms with Crippen LogP contribution in [-0.2, 0) is 10.8 Å². The number of aliphatic imine (C=N–C) groups is 2. The first-order valence-corrected chi connectivity index (χ1v) is 17.9. The van der Waals surface area contributed by atoms with Crippen molar-refractivity contribution in [2.75, 3.05) is 11.5 Å². The number of aromatic hydroxyl groups is 2. The lowest BCUT2D eigenvalue weighted by Crippen LogP contribution is -2.12. The minimum absolute atomic E-state index is 0.00972. The molecule has 0 saturated carbocycles. The highest BCUT2D eigenvalue weighted by Crippen LogP contribution is 2.35. The smallest absolute Gasteiger partial charge is 0.127 e. The molecule has 242 valence electrons. The molecule has 46 heavy (non-hydrogen) atoms. The van der Waals surface area contributed by atoms with Crippen molar-refractivity contribution in [3.05, 3.63) is 106 Å². The SMILES string of the molecule is Cc1cc(C(C)(C)C)cc(C=Nc2ccccc2SCCCCSc2ccccc2N=Cc2cc(C(C)(C)C)cc(C)c2O)c1O. The maximum absolute atomic E-state index is 10.7. The number of para-hydroxylation sites is 2. The van der Waals surface area contributed by atoms with Crippen molar-refractivity contribution in [2.45, 2.75) is 88.9 Å². The van der Waals surface area contributed by atoms with Crippen LogP contribution in [0, 0.1) is 13.8 Å². The number of phenolic OH excluding ortho intramolecular Hbond substituents is 2. The van der Waals surface area contributed by atoms with Crippen molar-refractivity contribution in [3.8, 4) is 11.5 Å². The zero-order valence-electron chi connectivity index (χ0n) is 28.5. The first kappa shape index (κ1) is 35.4. The van der Waals surface area contributed by atoms with Gasteiger partial charge in [-0.25, -0.2) is 0 Å². The van der Waals surface area contributed by atoms with Crippen LogP contribution in [0.4, 0.5) is 11.4 Å². The molecular formula is C40H48N2O2S2. The van der Waals surface area contributed by atoms with Crippen LogP contribution in [-0.4, -0.2) is 34.1 Å². The summed E-state index contributed by atoms with van der Waals surface area (Å²) in [6.07, 6.45) is 5.75. The van der Waals surface area contributed by atoms with E-state index in [4.69, 9.17) is 9.98 Å². The Morgan fingerprint density at radius 3 is 1.33 bits per heavy atom. The number of phenols is 2. The van der Waals surface area contributed by atoms with E-state index in [0.717, 1.165) is 67.8 Å². The van der Waals surface area contributed by atoms with Gasteiger partial charge >= 0.3 is 0 Å². The van der Waals surface area contributed by atoms with Crippen LogP contribution in [0.15, 0.2) is 92.6 Å². The molecule has 0 heterocycles. The zero-order valence-corrected chi connectivity index (χ0v) is 30.1. The highest BCUT2D eigenvalue weighted by atomic mass is 32.2. The monoisotopic (exact) mass is 652 g/mol. The number of hydrogen-bond donors (Lipinski definition) is 2. The van der Waals surface area contributed by atoms with Gasteiger partial charge in [0.15, 0.2) is 0 Å². The van der Waals surface area contributed by atoms with Crippen LogP contribution in [0.5, 0.6) is 11.5 Å². The first-order chi connectivity index (χ1) is 21.7. The molecular weight excluding hydrogens is 605 g/mol. The maximum atomic E-state index is 10.7. The van der Waals surface area contributed by atoms with Crippen LogP contribution in [0.25, 0.3) is 0 Å². The van der Waals surface area contributed by atoms with Crippen molar-refractivity contribution in [2.24, 2.45) is 9.98 Å². The normalized spacial score (nSPS) is 12.4. The third-order valence-electron chi connectivity index (χ3n) is 7.86. The summed E-state index contributed by atoms with van der Waals surface area (Å²) >= 11 is 3.65. The number of thioether (sulfide) groups is 2. The molecule has 4 aromatic rings. The molecule has 4 rings (SSSR count). The second-order valence-corrected chi connectivity index (χ2v) is 16.1. The van der Waals surface area contributed by atoms with Gasteiger partial charge in [0.05, 0.1) is 11.4 Å². The molecule has 0 aliphatic rings. The number of rotatable bonds is 11. The van der Waals surface area contributed by atoms with E-state index >= 15 is 0 Å². The van der Waals surface area contributed by atoms with Gasteiger partial charge in [-0.15, -0.1) is 23.5 Å². The lowest BCUT2D eigenvalue weighted by atomic mass is 9.85. The van der Waals surface area contributed by atoms with E-state index in [1.54, 1.807) is 12.4 Å². The standard InChI is InChI=1S/C40H48N2O2S2/c1-27-21-31(39(3,4)5)23-29(37(27)43)25-41-33-15-9-11-17-35(33)45-19-13-14-20-46-36-18-12-10-16-34(36)42-26-30-24-32(40(6,7)8)22-28(2)38(30)44/h9-12,15-18,21-26,43-44H,13-14,19-20H2,1-8H3. The number of aryl methyl sites for hydroxylation is 2. The third-order valence-corrected chi connectivity index (χ3v) is 10.2. The number of benzene rings is 4. The molecule has 0 saturated heterocycles. The number of unbranched alkanes of at least 4 members (excludes halogenated alkanes) is 1. The predicted molar refractivity (Wildman–Crippen MR) is 201 cm³/mol. The average molecular weight is 653 g/mol. The van der Waals surface area contributed by atoms with Crippen molar-refractivity contribution in [3.63, 3.8) is 0 Å². The van der Waals surface area contributed by atoms with Crippen LogP contribution < -0.4 is 0 Å². The van der Waals surface area contributed by atoms with E-state index < -0.39 is 0 Å². The van der Waals surface area contributed by atoms with Crippen LogP contribution >= 0.6 is 23.5 Å². The van der Waals surface area contributed by atoms with Crippen molar-refractivity contribution in [1.82, 2.24) is 0 Å². The van der Waals surface area contributed by atoms with E-state index in [1.807, 2.05) is 73.8 Å². The average Bonchev–Trinajstić information content (AvgIpc) is 3.00. The maximum Gasteiger partial charge on any atom is 0.127 e. The van der Waals surface area contributed by atoms with Gasteiger partial charge < -0.3 is 10.2 Å². The molecule has 0 fully saturated rings. The Labute approximate surface area is 284 Å². The Kier molecular flexibility index (Phi) is 11.8. The topological polar surface area (TPSA) is 65.2 Å². The molecule has 0 atom stereocenters. The van der Waals surface area contributed by atoms with Crippen molar-refractivity contribution >= 4 is 47.3 Å². The minimum Gasteiger partial charge on any atom is -0.507 e. The summed E-state index contributed by atoms with van der Waals surface area (Å²) in [5, 5.41) is 21.4. The molecule has 0 amide bonds. The van der Waals surface area contributed by atoms with Gasteiger partial charge in [-0.1, -0.05) is 77.9 Å². The Hall–Kier alpha value is -3.48. The molecule has 0 aromatic heterocycles. The largest absolute Gasteiger partial charge is 0.507 e. The molecule has 4 aromatic carbocycles. The summed E-state index contributed by atoms with van der Waals surface area (Å²) in [5.74, 6) is 2.57. The Morgan fingerprint density at radius 1 is 0.587 bits per heavy atom. The van der Waals surface area contributed by atoms with Gasteiger partial charge in [0, 0.05) is 33.3 Å². The highest BCUT2D eigenvalue weighted by Gasteiger charge is 2.18. The van der Waals surface area contributed by atoms with Crippen LogP contribution in [0.1, 0.15) is 87.8 Å². The van der Waals surface area contributed by atoms with E-state index in [-0.39, 0.29) is 22.3 Å². The fourth-order valence-electron chi connectivity index (χ4n) is 4.89. The fraction of sp³-hybridized carbons (Fsp3) is 0.350. The van der Waals surface area contributed by atoms with Crippen molar-refractivity contribution in [1.29, 1.82) is 0 Å². The molecule has 0 spiro atoms. The molecule has 4 nitrogen and oxygen atoms in total. The van der Waals surface area contributed by atoms with E-state index in [2.05, 4.69) is 77.9 Å². The predicted octanol–water partition coefficient (Wildman–Crippen LogP) is 11.5. The molecule has 0 radical (unpaired) electrons. The van der Waals surface area contributed by atoms with Crippen LogP contribution in [0.2, 0.25) is 0 Å². The molecule has 0 bridgehead atoms. The van der Waals surface area contributed by atoms with Crippen LogP contribution in [0.3, 0.4) is 0 Å². The summed E-state index contributed by atoms with van der Waals surface area (Å²) < 4.78 is 0. The zero-order chi connectivity index (χ0) is 33.5. The van der Waals surface area contributed by atoms with Gasteiger partial charge in [-0.3, -0.25) is 9.98 Å². The summed E-state index contributed by atoms with van der Waals surface area (Å²) in [6.45, 7) is 17.0. The summed E-state index contributed by atoms with van der Waals surface area (Å²) in [5.41, 5.74) is 7.40. The molecule has 6 heteroatoms. The summed E-state index contributed by atoms with van der Waals surface area (Å²) in [4.78, 5) is 11.9. The van der Waals surface area contributed by atoms with Gasteiger partial charge in [0.2, 0.25) is 0 Å². The molecule has 0 aliphatic heterocycles. The Morgan fingerprint density at radius 2 is 0.957 bits per heavy atom. The minimum atomic E-state index is -0.00972. The van der Waals surface area contributed by atoms with Gasteiger partial charge in [-0.05, 0) is 108 Å². The summed E-state index contributed by atoms with van der Waals surface area (Å²) in [7, 11) is 0. The van der Waals surface area contributed by atoms with Gasteiger partial charge in [-0.2, -0.15) is 0 Å². The van der Waals surface area contributed by atoms with E-state index in [0.29, 0.717) is 0 Å². The molecule has 0 unspecified atom stereocenters. The lowest BCUT2D eigenvalue weighted by Gasteiger charge is -2.21. The molecule has 0 aliphatic carbocycles. The Bertz CT molecular complexity index is 1580. The fourth-order valence-corrected chi connectivity index (χ4v) is 6.92. The van der Waals surface area contributed by atoms with E-state index in [1.165, 1.54) is 11.1 Å². The number of hydrogen-bond acceptors (Lipinski definition) is 6. The quantitative estimate of drug-likeness (QED) is 0.0961. The number of nitrogens with zero attached hydrogens (tertiary/aromatic N) is 2. The Balaban J connectivity index is 1.34. The second-order valence-electron chi connectivity index (χ2n) is 13.8. The highest BCUT2D eigenvalue weighted by molar-refractivity contribution is 7.99. The summed E-state index contributed by atoms with van der Waals surface area (Å²) in [6, 6.07) is 24.6. The van der Waals surface area contributed by atoms with Crippen molar-refractivity contribution < 1.29 is 10.2 Å². The van der Waals surface area contributed by atoms with Gasteiger partial charge in [0.25, 0.3) is 0 Å². The van der Waals surface area contributed by atoms with Gasteiger partial charge in [0.1, 0.15) is 11.5 Å². The molecule has 2 N–H and O–H groups in total. The first-order valence-electron chi connectivity index (χ1n) is 15.9. The van der Waals surface area contributed by atoms with E-state index in [9.17, 15) is 10.2 Å². The third kappa shape index (κ3) is 9.52.